The standard InChI is InChI=1S/C14H21N3O/c1-2-4-12(5-3-1)17-8-9-18-14(10-17)13-6-7-15-11-16-13/h6-7,11-12,14H,1-5,8-10H2/t14-/m0/s1. The van der Waals surface area contributed by atoms with Crippen LogP contribution in [0.3, 0.4) is 0 Å². The fourth-order valence-corrected chi connectivity index (χ4v) is 3.12. The minimum absolute atomic E-state index is 0.128. The van der Waals surface area contributed by atoms with Gasteiger partial charge >= 0.3 is 0 Å². The zero-order valence-electron chi connectivity index (χ0n) is 10.8. The lowest BCUT2D eigenvalue weighted by Gasteiger charge is -2.39. The summed E-state index contributed by atoms with van der Waals surface area (Å²) in [4.78, 5) is 10.9. The molecule has 2 fully saturated rings. The van der Waals surface area contributed by atoms with Gasteiger partial charge in [0.15, 0.2) is 0 Å². The predicted molar refractivity (Wildman–Crippen MR) is 69.2 cm³/mol. The lowest BCUT2D eigenvalue weighted by atomic mass is 9.93. The highest BCUT2D eigenvalue weighted by atomic mass is 16.5. The Hall–Kier alpha value is -1.00. The van der Waals surface area contributed by atoms with Gasteiger partial charge in [0.1, 0.15) is 12.4 Å². The Morgan fingerprint density at radius 3 is 2.89 bits per heavy atom. The predicted octanol–water partition coefficient (Wildman–Crippen LogP) is 2.18. The summed E-state index contributed by atoms with van der Waals surface area (Å²) in [6.45, 7) is 2.89. The normalized spacial score (nSPS) is 27.2. The molecule has 0 unspecified atom stereocenters. The van der Waals surface area contributed by atoms with Gasteiger partial charge in [-0.1, -0.05) is 19.3 Å². The van der Waals surface area contributed by atoms with Crippen molar-refractivity contribution in [1.82, 2.24) is 14.9 Å². The molecule has 3 rings (SSSR count). The molecule has 1 aliphatic heterocycles. The second-order valence-electron chi connectivity index (χ2n) is 5.28. The zero-order chi connectivity index (χ0) is 12.2. The number of ether oxygens (including phenoxy) is 1. The molecule has 4 heteroatoms. The van der Waals surface area contributed by atoms with Crippen LogP contribution in [0.5, 0.6) is 0 Å². The first-order chi connectivity index (χ1) is 8.93. The fraction of sp³-hybridized carbons (Fsp3) is 0.714. The number of nitrogens with zero attached hydrogens (tertiary/aromatic N) is 3. The van der Waals surface area contributed by atoms with Crippen LogP contribution in [-0.2, 0) is 4.74 Å². The molecule has 0 N–H and O–H groups in total. The van der Waals surface area contributed by atoms with E-state index in [1.54, 1.807) is 12.5 Å². The van der Waals surface area contributed by atoms with E-state index < -0.39 is 0 Å². The van der Waals surface area contributed by atoms with Gasteiger partial charge in [0.25, 0.3) is 0 Å². The lowest BCUT2D eigenvalue weighted by molar-refractivity contribution is -0.0517. The van der Waals surface area contributed by atoms with Crippen LogP contribution in [0.1, 0.15) is 43.9 Å². The van der Waals surface area contributed by atoms with Crippen molar-refractivity contribution in [3.8, 4) is 0 Å². The van der Waals surface area contributed by atoms with Crippen LogP contribution >= 0.6 is 0 Å². The molecule has 1 aliphatic carbocycles. The van der Waals surface area contributed by atoms with E-state index in [1.807, 2.05) is 6.07 Å². The Labute approximate surface area is 108 Å². The van der Waals surface area contributed by atoms with E-state index >= 15 is 0 Å². The average molecular weight is 247 g/mol. The molecule has 1 aromatic rings. The van der Waals surface area contributed by atoms with Crippen molar-refractivity contribution in [2.75, 3.05) is 19.7 Å². The first-order valence-electron chi connectivity index (χ1n) is 7.05. The van der Waals surface area contributed by atoms with Crippen molar-refractivity contribution >= 4 is 0 Å². The molecule has 1 atom stereocenters. The van der Waals surface area contributed by atoms with E-state index in [2.05, 4.69) is 14.9 Å². The first-order valence-corrected chi connectivity index (χ1v) is 7.05. The molecule has 0 amide bonds. The maximum Gasteiger partial charge on any atom is 0.115 e. The van der Waals surface area contributed by atoms with Gasteiger partial charge in [-0.25, -0.2) is 9.97 Å². The SMILES string of the molecule is c1cc([C@@H]2CN(C3CCCCC3)CCO2)ncn1. The molecule has 1 saturated heterocycles. The fourth-order valence-electron chi connectivity index (χ4n) is 3.12. The molecular formula is C14H21N3O. The van der Waals surface area contributed by atoms with Crippen molar-refractivity contribution in [2.45, 2.75) is 44.2 Å². The van der Waals surface area contributed by atoms with Crippen LogP contribution in [0, 0.1) is 0 Å². The van der Waals surface area contributed by atoms with Crippen LogP contribution in [0.4, 0.5) is 0 Å². The molecule has 98 valence electrons. The van der Waals surface area contributed by atoms with Crippen LogP contribution in [-0.4, -0.2) is 40.6 Å². The van der Waals surface area contributed by atoms with Gasteiger partial charge in [-0.3, -0.25) is 4.90 Å². The Morgan fingerprint density at radius 1 is 1.22 bits per heavy atom. The maximum atomic E-state index is 5.85. The monoisotopic (exact) mass is 247 g/mol. The number of rotatable bonds is 2. The summed E-state index contributed by atoms with van der Waals surface area (Å²) >= 11 is 0. The summed E-state index contributed by atoms with van der Waals surface area (Å²) in [7, 11) is 0. The Bertz CT molecular complexity index is 365. The molecule has 0 bridgehead atoms. The van der Waals surface area contributed by atoms with Gasteiger partial charge in [0.05, 0.1) is 12.3 Å². The molecule has 1 saturated carbocycles. The van der Waals surface area contributed by atoms with Crippen LogP contribution in [0.15, 0.2) is 18.6 Å². The summed E-state index contributed by atoms with van der Waals surface area (Å²) in [5.74, 6) is 0. The van der Waals surface area contributed by atoms with Crippen molar-refractivity contribution in [1.29, 1.82) is 0 Å². The molecule has 4 nitrogen and oxygen atoms in total. The van der Waals surface area contributed by atoms with E-state index in [0.717, 1.165) is 31.4 Å². The molecular weight excluding hydrogens is 226 g/mol. The van der Waals surface area contributed by atoms with Crippen LogP contribution < -0.4 is 0 Å². The minimum Gasteiger partial charge on any atom is -0.369 e. The van der Waals surface area contributed by atoms with Gasteiger partial charge in [-0.05, 0) is 18.9 Å². The summed E-state index contributed by atoms with van der Waals surface area (Å²) in [6, 6.07) is 2.74. The topological polar surface area (TPSA) is 38.2 Å². The first kappa shape index (κ1) is 12.1. The minimum atomic E-state index is 0.128. The van der Waals surface area contributed by atoms with E-state index in [1.165, 1.54) is 32.1 Å². The largest absolute Gasteiger partial charge is 0.369 e. The van der Waals surface area contributed by atoms with Crippen LogP contribution in [0.2, 0.25) is 0 Å². The number of aromatic nitrogens is 2. The summed E-state index contributed by atoms with van der Waals surface area (Å²) < 4.78 is 5.85. The quantitative estimate of drug-likeness (QED) is 0.803. The smallest absolute Gasteiger partial charge is 0.115 e. The molecule has 2 heterocycles. The van der Waals surface area contributed by atoms with Gasteiger partial charge in [-0.2, -0.15) is 0 Å². The number of hydrogen-bond donors (Lipinski definition) is 0. The zero-order valence-corrected chi connectivity index (χ0v) is 10.8. The Morgan fingerprint density at radius 2 is 2.11 bits per heavy atom. The molecule has 0 spiro atoms. The van der Waals surface area contributed by atoms with E-state index in [0.29, 0.717) is 0 Å². The summed E-state index contributed by atoms with van der Waals surface area (Å²) in [6.07, 6.45) is 10.4. The van der Waals surface area contributed by atoms with Gasteiger partial charge in [0.2, 0.25) is 0 Å². The maximum absolute atomic E-state index is 5.85. The molecule has 0 aromatic carbocycles. The highest BCUT2D eigenvalue weighted by molar-refractivity contribution is 5.04. The third-order valence-corrected chi connectivity index (χ3v) is 4.12. The van der Waals surface area contributed by atoms with Gasteiger partial charge < -0.3 is 4.74 Å². The van der Waals surface area contributed by atoms with Crippen molar-refractivity contribution in [2.24, 2.45) is 0 Å². The van der Waals surface area contributed by atoms with Crippen LogP contribution in [0.25, 0.3) is 0 Å². The lowest BCUT2D eigenvalue weighted by Crippen LogP contribution is -2.45. The molecule has 0 radical (unpaired) electrons. The molecule has 1 aromatic heterocycles. The third kappa shape index (κ3) is 2.70. The highest BCUT2D eigenvalue weighted by Gasteiger charge is 2.28. The van der Waals surface area contributed by atoms with Crippen molar-refractivity contribution < 1.29 is 4.74 Å². The van der Waals surface area contributed by atoms with Gasteiger partial charge in [0, 0.05) is 25.3 Å². The Balaban J connectivity index is 1.64. The van der Waals surface area contributed by atoms with E-state index in [4.69, 9.17) is 4.74 Å². The summed E-state index contributed by atoms with van der Waals surface area (Å²) in [5, 5.41) is 0. The highest BCUT2D eigenvalue weighted by Crippen LogP contribution is 2.27. The number of morpholine rings is 1. The van der Waals surface area contributed by atoms with Gasteiger partial charge in [-0.15, -0.1) is 0 Å². The molecule has 18 heavy (non-hydrogen) atoms. The van der Waals surface area contributed by atoms with E-state index in [9.17, 15) is 0 Å². The van der Waals surface area contributed by atoms with Crippen molar-refractivity contribution in [3.05, 3.63) is 24.3 Å². The van der Waals surface area contributed by atoms with Crippen molar-refractivity contribution in [3.63, 3.8) is 0 Å². The van der Waals surface area contributed by atoms with E-state index in [-0.39, 0.29) is 6.10 Å². The second kappa shape index (κ2) is 5.76. The molecule has 2 aliphatic rings. The summed E-state index contributed by atoms with van der Waals surface area (Å²) in [5.41, 5.74) is 1.02. The number of hydrogen-bond acceptors (Lipinski definition) is 4. The Kier molecular flexibility index (Phi) is 3.86. The average Bonchev–Trinajstić information content (AvgIpc) is 2.49. The third-order valence-electron chi connectivity index (χ3n) is 4.12. The second-order valence-corrected chi connectivity index (χ2v) is 5.28.